The summed E-state index contributed by atoms with van der Waals surface area (Å²) in [5.74, 6) is -1.91. The van der Waals surface area contributed by atoms with E-state index in [1.54, 1.807) is 0 Å². The number of benzene rings is 2. The molecule has 0 aliphatic rings. The highest BCUT2D eigenvalue weighted by molar-refractivity contribution is 7.89. The van der Waals surface area contributed by atoms with Gasteiger partial charge in [0.05, 0.1) is 15.5 Å². The van der Waals surface area contributed by atoms with Crippen molar-refractivity contribution in [2.45, 2.75) is 4.90 Å². The Morgan fingerprint density at radius 3 is 2.50 bits per heavy atom. The molecule has 0 aliphatic carbocycles. The smallest absolute Gasteiger partial charge is 0.276 e. The number of carbonyl (C=O) groups excluding carboxylic acids is 2. The Morgan fingerprint density at radius 1 is 1.14 bits per heavy atom. The zero-order valence-corrected chi connectivity index (χ0v) is 16.5. The van der Waals surface area contributed by atoms with E-state index in [-0.39, 0.29) is 21.2 Å². The van der Waals surface area contributed by atoms with Gasteiger partial charge in [-0.15, -0.1) is 0 Å². The number of rotatable bonds is 6. The number of halogens is 2. The van der Waals surface area contributed by atoms with E-state index in [0.717, 1.165) is 16.4 Å². The van der Waals surface area contributed by atoms with Crippen LogP contribution in [-0.2, 0) is 14.8 Å². The quantitative estimate of drug-likeness (QED) is 0.678. The third-order valence-electron chi connectivity index (χ3n) is 3.44. The molecule has 2 aromatic carbocycles. The lowest BCUT2D eigenvalue weighted by Crippen LogP contribution is -2.44. The predicted molar refractivity (Wildman–Crippen MR) is 99.8 cm³/mol. The van der Waals surface area contributed by atoms with Crippen LogP contribution in [0.3, 0.4) is 0 Å². The van der Waals surface area contributed by atoms with Crippen LogP contribution < -0.4 is 15.6 Å². The van der Waals surface area contributed by atoms with E-state index in [2.05, 4.69) is 10.9 Å². The fourth-order valence-corrected chi connectivity index (χ4v) is 3.12. The highest BCUT2D eigenvalue weighted by atomic mass is 35.5. The maximum absolute atomic E-state index is 13.0. The van der Waals surface area contributed by atoms with Gasteiger partial charge in [0, 0.05) is 20.2 Å². The number of nitrogens with one attached hydrogen (secondary N) is 2. The Labute approximate surface area is 166 Å². The van der Waals surface area contributed by atoms with Crippen molar-refractivity contribution in [2.24, 2.45) is 0 Å². The van der Waals surface area contributed by atoms with E-state index in [9.17, 15) is 22.4 Å². The van der Waals surface area contributed by atoms with Crippen molar-refractivity contribution >= 4 is 33.4 Å². The van der Waals surface area contributed by atoms with Crippen LogP contribution in [0.5, 0.6) is 5.75 Å². The van der Waals surface area contributed by atoms with Crippen molar-refractivity contribution < 1.29 is 27.1 Å². The van der Waals surface area contributed by atoms with Gasteiger partial charge in [-0.3, -0.25) is 20.4 Å². The average Bonchev–Trinajstić information content (AvgIpc) is 2.64. The van der Waals surface area contributed by atoms with Gasteiger partial charge in [-0.2, -0.15) is 0 Å². The van der Waals surface area contributed by atoms with Crippen molar-refractivity contribution in [3.8, 4) is 5.75 Å². The van der Waals surface area contributed by atoms with Crippen LogP contribution in [0.4, 0.5) is 4.39 Å². The molecule has 0 aromatic heterocycles. The summed E-state index contributed by atoms with van der Waals surface area (Å²) in [6.07, 6.45) is 0. The van der Waals surface area contributed by atoms with Gasteiger partial charge >= 0.3 is 0 Å². The molecule has 0 unspecified atom stereocenters. The molecule has 0 atom stereocenters. The molecule has 2 N–H and O–H groups in total. The molecule has 2 amide bonds. The van der Waals surface area contributed by atoms with Crippen LogP contribution in [0.2, 0.25) is 5.02 Å². The summed E-state index contributed by atoms with van der Waals surface area (Å²) in [5, 5.41) is 0.000431. The summed E-state index contributed by atoms with van der Waals surface area (Å²) in [6, 6.07) is 8.83. The molecular weight excluding hydrogens is 413 g/mol. The molecule has 28 heavy (non-hydrogen) atoms. The number of hydrogen-bond donors (Lipinski definition) is 2. The number of hydrazine groups is 1. The minimum atomic E-state index is -3.77. The third-order valence-corrected chi connectivity index (χ3v) is 5.58. The van der Waals surface area contributed by atoms with Crippen molar-refractivity contribution in [3.63, 3.8) is 0 Å². The monoisotopic (exact) mass is 429 g/mol. The molecule has 0 saturated carbocycles. The van der Waals surface area contributed by atoms with Crippen LogP contribution >= 0.6 is 11.6 Å². The average molecular weight is 430 g/mol. The van der Waals surface area contributed by atoms with Gasteiger partial charge in [-0.25, -0.2) is 17.1 Å². The topological polar surface area (TPSA) is 105 Å². The van der Waals surface area contributed by atoms with Crippen molar-refractivity contribution in [3.05, 3.63) is 58.9 Å². The lowest BCUT2D eigenvalue weighted by molar-refractivity contribution is -0.123. The molecule has 0 bridgehead atoms. The van der Waals surface area contributed by atoms with E-state index in [1.165, 1.54) is 44.4 Å². The van der Waals surface area contributed by atoms with E-state index < -0.39 is 34.3 Å². The Kier molecular flexibility index (Phi) is 6.95. The van der Waals surface area contributed by atoms with E-state index in [1.807, 2.05) is 0 Å². The first-order valence-electron chi connectivity index (χ1n) is 7.81. The van der Waals surface area contributed by atoms with Gasteiger partial charge in [-0.05, 0) is 30.3 Å². The highest BCUT2D eigenvalue weighted by Gasteiger charge is 2.21. The molecule has 0 fully saturated rings. The van der Waals surface area contributed by atoms with Gasteiger partial charge < -0.3 is 4.74 Å². The van der Waals surface area contributed by atoms with Gasteiger partial charge in [0.2, 0.25) is 10.0 Å². The van der Waals surface area contributed by atoms with E-state index >= 15 is 0 Å². The second-order valence-electron chi connectivity index (χ2n) is 5.68. The van der Waals surface area contributed by atoms with Crippen molar-refractivity contribution in [1.29, 1.82) is 0 Å². The second kappa shape index (κ2) is 9.00. The highest BCUT2D eigenvalue weighted by Crippen LogP contribution is 2.22. The van der Waals surface area contributed by atoms with Gasteiger partial charge in [0.25, 0.3) is 11.8 Å². The number of hydrogen-bond acceptors (Lipinski definition) is 5. The number of amides is 2. The molecule has 0 aliphatic heterocycles. The zero-order chi connectivity index (χ0) is 20.9. The Bertz CT molecular complexity index is 998. The zero-order valence-electron chi connectivity index (χ0n) is 14.9. The van der Waals surface area contributed by atoms with Gasteiger partial charge in [0.1, 0.15) is 11.6 Å². The van der Waals surface area contributed by atoms with E-state index in [0.29, 0.717) is 0 Å². The summed E-state index contributed by atoms with van der Waals surface area (Å²) in [5.41, 5.74) is 4.07. The molecule has 0 saturated heterocycles. The molecule has 11 heteroatoms. The molecule has 0 heterocycles. The summed E-state index contributed by atoms with van der Waals surface area (Å²) < 4.78 is 43.4. The van der Waals surface area contributed by atoms with Crippen molar-refractivity contribution in [1.82, 2.24) is 15.2 Å². The maximum Gasteiger partial charge on any atom is 0.276 e. The van der Waals surface area contributed by atoms with Crippen LogP contribution in [0.15, 0.2) is 47.4 Å². The second-order valence-corrected chi connectivity index (χ2v) is 8.24. The number of carbonyl (C=O) groups is 2. The van der Waals surface area contributed by atoms with Crippen LogP contribution in [-0.4, -0.2) is 45.2 Å². The molecule has 0 spiro atoms. The SMILES string of the molecule is CN(C)S(=O)(=O)c1ccc(Cl)c(C(=O)NNC(=O)COc2cccc(F)c2)c1. The van der Waals surface area contributed by atoms with Crippen molar-refractivity contribution in [2.75, 3.05) is 20.7 Å². The first kappa shape index (κ1) is 21.6. The van der Waals surface area contributed by atoms with E-state index in [4.69, 9.17) is 16.3 Å². The lowest BCUT2D eigenvalue weighted by atomic mass is 10.2. The lowest BCUT2D eigenvalue weighted by Gasteiger charge is -2.13. The summed E-state index contributed by atoms with van der Waals surface area (Å²) >= 11 is 5.95. The largest absolute Gasteiger partial charge is 0.484 e. The minimum Gasteiger partial charge on any atom is -0.484 e. The normalized spacial score (nSPS) is 11.2. The molecule has 2 rings (SSSR count). The van der Waals surface area contributed by atoms with Gasteiger partial charge in [-0.1, -0.05) is 17.7 Å². The standard InChI is InChI=1S/C17H17ClFN3O5S/c1-22(2)28(25,26)13-6-7-15(18)14(9-13)17(24)21-20-16(23)10-27-12-5-3-4-11(19)8-12/h3-9H,10H2,1-2H3,(H,20,23)(H,21,24). The maximum atomic E-state index is 13.0. The number of ether oxygens (including phenoxy) is 1. The third kappa shape index (κ3) is 5.41. The molecule has 2 aromatic rings. The molecular formula is C17H17ClFN3O5S. The van der Waals surface area contributed by atoms with Gasteiger partial charge in [0.15, 0.2) is 6.61 Å². The summed E-state index contributed by atoms with van der Waals surface area (Å²) in [7, 11) is -1.07. The van der Waals surface area contributed by atoms with Crippen LogP contribution in [0.1, 0.15) is 10.4 Å². The van der Waals surface area contributed by atoms with Crippen LogP contribution in [0, 0.1) is 5.82 Å². The molecule has 150 valence electrons. The molecule has 8 nitrogen and oxygen atoms in total. The number of sulfonamides is 1. The Balaban J connectivity index is 2.00. The first-order chi connectivity index (χ1) is 13.1. The number of nitrogens with zero attached hydrogens (tertiary/aromatic N) is 1. The summed E-state index contributed by atoms with van der Waals surface area (Å²) in [4.78, 5) is 23.9. The predicted octanol–water partition coefficient (Wildman–Crippen LogP) is 1.57. The minimum absolute atomic E-state index is 0.000431. The fourth-order valence-electron chi connectivity index (χ4n) is 1.99. The first-order valence-corrected chi connectivity index (χ1v) is 9.62. The molecule has 0 radical (unpaired) electrons. The van der Waals surface area contributed by atoms with Crippen LogP contribution in [0.25, 0.3) is 0 Å². The fraction of sp³-hybridized carbons (Fsp3) is 0.176. The summed E-state index contributed by atoms with van der Waals surface area (Å²) in [6.45, 7) is -0.480. The Hall–Kier alpha value is -2.69. The Morgan fingerprint density at radius 2 is 1.86 bits per heavy atom.